The summed E-state index contributed by atoms with van der Waals surface area (Å²) < 4.78 is 22.6. The molecule has 1 aliphatic rings. The summed E-state index contributed by atoms with van der Waals surface area (Å²) in [7, 11) is -3.61. The van der Waals surface area contributed by atoms with Crippen LogP contribution in [0.4, 0.5) is 0 Å². The summed E-state index contributed by atoms with van der Waals surface area (Å²) in [5.74, 6) is 1.38. The van der Waals surface area contributed by atoms with E-state index in [4.69, 9.17) is 5.14 Å². The molecule has 0 saturated heterocycles. The number of primary sulfonamides is 1. The summed E-state index contributed by atoms with van der Waals surface area (Å²) in [6, 6.07) is 11.2. The van der Waals surface area contributed by atoms with Crippen molar-refractivity contribution >= 4 is 10.0 Å². The molecule has 5 heteroatoms. The first-order valence-corrected chi connectivity index (χ1v) is 8.99. The maximum atomic E-state index is 11.3. The van der Waals surface area contributed by atoms with E-state index < -0.39 is 10.0 Å². The zero-order chi connectivity index (χ0) is 15.9. The van der Waals surface area contributed by atoms with E-state index in [-0.39, 0.29) is 4.90 Å². The molecule has 0 spiro atoms. The first-order chi connectivity index (χ1) is 10.4. The number of benzene rings is 1. The van der Waals surface area contributed by atoms with Crippen LogP contribution in [0.15, 0.2) is 47.5 Å². The second-order valence-corrected chi connectivity index (χ2v) is 7.79. The molecule has 1 aliphatic carbocycles. The van der Waals surface area contributed by atoms with E-state index in [0.717, 1.165) is 12.1 Å². The Hall–Kier alpha value is -1.72. The molecular weight excluding hydrogens is 296 g/mol. The van der Waals surface area contributed by atoms with Crippen LogP contribution in [0.1, 0.15) is 54.8 Å². The molecule has 0 aliphatic heterocycles. The summed E-state index contributed by atoms with van der Waals surface area (Å²) in [5.41, 5.74) is 3.60. The van der Waals surface area contributed by atoms with Gasteiger partial charge in [-0.15, -0.1) is 0 Å². The van der Waals surface area contributed by atoms with E-state index in [9.17, 15) is 8.42 Å². The minimum Gasteiger partial charge on any atom is -0.261 e. The van der Waals surface area contributed by atoms with Crippen molar-refractivity contribution in [1.29, 1.82) is 0 Å². The molecule has 1 aromatic heterocycles. The molecule has 2 unspecified atom stereocenters. The van der Waals surface area contributed by atoms with Gasteiger partial charge in [0.15, 0.2) is 0 Å². The van der Waals surface area contributed by atoms with Gasteiger partial charge in [-0.3, -0.25) is 4.98 Å². The minimum absolute atomic E-state index is 0.166. The van der Waals surface area contributed by atoms with Crippen molar-refractivity contribution in [3.05, 3.63) is 59.4 Å². The highest BCUT2D eigenvalue weighted by Crippen LogP contribution is 2.54. The van der Waals surface area contributed by atoms with Crippen molar-refractivity contribution in [3.63, 3.8) is 0 Å². The van der Waals surface area contributed by atoms with Crippen LogP contribution in [0.5, 0.6) is 0 Å². The highest BCUT2D eigenvalue weighted by molar-refractivity contribution is 7.89. The Kier molecular flexibility index (Phi) is 3.78. The summed E-state index contributed by atoms with van der Waals surface area (Å²) in [4.78, 5) is 4.57. The zero-order valence-electron chi connectivity index (χ0n) is 12.7. The first kappa shape index (κ1) is 15.2. The Morgan fingerprint density at radius 3 is 2.32 bits per heavy atom. The van der Waals surface area contributed by atoms with Gasteiger partial charge in [-0.25, -0.2) is 13.6 Å². The fourth-order valence-corrected chi connectivity index (χ4v) is 3.36. The molecule has 3 rings (SSSR count). The van der Waals surface area contributed by atoms with Crippen molar-refractivity contribution in [2.75, 3.05) is 0 Å². The molecule has 116 valence electrons. The lowest BCUT2D eigenvalue weighted by Gasteiger charge is -2.07. The van der Waals surface area contributed by atoms with Gasteiger partial charge in [0, 0.05) is 11.9 Å². The highest BCUT2D eigenvalue weighted by Gasteiger charge is 2.39. The Balaban J connectivity index is 1.78. The number of sulfonamides is 1. The quantitative estimate of drug-likeness (QED) is 0.942. The lowest BCUT2D eigenvalue weighted by atomic mass is 10.0. The summed E-state index contributed by atoms with van der Waals surface area (Å²) in [6.07, 6.45) is 2.97. The standard InChI is InChI=1S/C17H20N2O2S/c1-11(2)17-9-13(7-8-19-17)16-10-15(16)12-3-5-14(6-4-12)22(18,20)21/h3-9,11,15-16H,10H2,1-2H3,(H2,18,20,21). The average molecular weight is 316 g/mol. The van der Waals surface area contributed by atoms with Gasteiger partial charge < -0.3 is 0 Å². The fourth-order valence-electron chi connectivity index (χ4n) is 2.85. The SMILES string of the molecule is CC(C)c1cc(C2CC2c2ccc(S(N)(=O)=O)cc2)ccn1. The van der Waals surface area contributed by atoms with Crippen molar-refractivity contribution in [2.24, 2.45) is 5.14 Å². The topological polar surface area (TPSA) is 73.1 Å². The largest absolute Gasteiger partial charge is 0.261 e. The van der Waals surface area contributed by atoms with Crippen LogP contribution in [-0.2, 0) is 10.0 Å². The van der Waals surface area contributed by atoms with E-state index in [1.807, 2.05) is 18.3 Å². The fraction of sp³-hybridized carbons (Fsp3) is 0.353. The number of hydrogen-bond acceptors (Lipinski definition) is 3. The summed E-state index contributed by atoms with van der Waals surface area (Å²) in [5, 5.41) is 5.13. The molecule has 1 aromatic carbocycles. The summed E-state index contributed by atoms with van der Waals surface area (Å²) in [6.45, 7) is 4.28. The van der Waals surface area contributed by atoms with Crippen LogP contribution in [0, 0.1) is 0 Å². The van der Waals surface area contributed by atoms with Gasteiger partial charge in [-0.05, 0) is 59.6 Å². The summed E-state index contributed by atoms with van der Waals surface area (Å²) >= 11 is 0. The maximum Gasteiger partial charge on any atom is 0.238 e. The minimum atomic E-state index is -3.61. The smallest absolute Gasteiger partial charge is 0.238 e. The predicted octanol–water partition coefficient (Wildman–Crippen LogP) is 3.12. The monoisotopic (exact) mass is 316 g/mol. The molecule has 0 amide bonds. The molecule has 0 bridgehead atoms. The van der Waals surface area contributed by atoms with Gasteiger partial charge in [-0.2, -0.15) is 0 Å². The molecular formula is C17H20N2O2S. The van der Waals surface area contributed by atoms with Crippen molar-refractivity contribution in [3.8, 4) is 0 Å². The van der Waals surface area contributed by atoms with Gasteiger partial charge >= 0.3 is 0 Å². The van der Waals surface area contributed by atoms with E-state index in [1.165, 1.54) is 11.1 Å². The zero-order valence-corrected chi connectivity index (χ0v) is 13.5. The normalized spacial score (nSPS) is 21.1. The van der Waals surface area contributed by atoms with Gasteiger partial charge in [0.05, 0.1) is 4.90 Å². The average Bonchev–Trinajstić information content (AvgIpc) is 3.27. The van der Waals surface area contributed by atoms with Crippen LogP contribution in [0.3, 0.4) is 0 Å². The van der Waals surface area contributed by atoms with E-state index in [1.54, 1.807) is 12.1 Å². The van der Waals surface area contributed by atoms with Gasteiger partial charge in [0.2, 0.25) is 10.0 Å². The molecule has 1 saturated carbocycles. The third kappa shape index (κ3) is 3.05. The maximum absolute atomic E-state index is 11.3. The van der Waals surface area contributed by atoms with Crippen molar-refractivity contribution < 1.29 is 8.42 Å². The molecule has 2 aromatic rings. The number of hydrogen-bond donors (Lipinski definition) is 1. The lowest BCUT2D eigenvalue weighted by molar-refractivity contribution is 0.598. The first-order valence-electron chi connectivity index (χ1n) is 7.45. The van der Waals surface area contributed by atoms with Crippen LogP contribution in [0.25, 0.3) is 0 Å². The highest BCUT2D eigenvalue weighted by atomic mass is 32.2. The number of pyridine rings is 1. The molecule has 1 heterocycles. The predicted molar refractivity (Wildman–Crippen MR) is 86.2 cm³/mol. The van der Waals surface area contributed by atoms with E-state index in [0.29, 0.717) is 17.8 Å². The number of nitrogens with zero attached hydrogens (tertiary/aromatic N) is 1. The van der Waals surface area contributed by atoms with Crippen molar-refractivity contribution in [1.82, 2.24) is 4.98 Å². The van der Waals surface area contributed by atoms with Crippen molar-refractivity contribution in [2.45, 2.75) is 42.9 Å². The van der Waals surface area contributed by atoms with Crippen LogP contribution in [-0.4, -0.2) is 13.4 Å². The van der Waals surface area contributed by atoms with E-state index in [2.05, 4.69) is 31.0 Å². The van der Waals surface area contributed by atoms with Crippen LogP contribution < -0.4 is 5.14 Å². The van der Waals surface area contributed by atoms with Crippen LogP contribution >= 0.6 is 0 Å². The van der Waals surface area contributed by atoms with Gasteiger partial charge in [-0.1, -0.05) is 26.0 Å². The second kappa shape index (κ2) is 5.48. The third-order valence-corrected chi connectivity index (χ3v) is 5.18. The molecule has 2 N–H and O–H groups in total. The number of rotatable bonds is 4. The molecule has 4 nitrogen and oxygen atoms in total. The number of nitrogens with two attached hydrogens (primary N) is 1. The molecule has 22 heavy (non-hydrogen) atoms. The Morgan fingerprint density at radius 1 is 1.09 bits per heavy atom. The molecule has 0 radical (unpaired) electrons. The Labute approximate surface area is 131 Å². The molecule has 1 fully saturated rings. The molecule has 2 atom stereocenters. The Morgan fingerprint density at radius 2 is 1.73 bits per heavy atom. The third-order valence-electron chi connectivity index (χ3n) is 4.25. The van der Waals surface area contributed by atoms with Gasteiger partial charge in [0.25, 0.3) is 0 Å². The van der Waals surface area contributed by atoms with Crippen LogP contribution in [0.2, 0.25) is 0 Å². The second-order valence-electron chi connectivity index (χ2n) is 6.23. The van der Waals surface area contributed by atoms with Gasteiger partial charge in [0.1, 0.15) is 0 Å². The number of aromatic nitrogens is 1. The van der Waals surface area contributed by atoms with E-state index >= 15 is 0 Å². The lowest BCUT2D eigenvalue weighted by Crippen LogP contribution is -2.11. The Bertz CT molecular complexity index is 783.